The Morgan fingerprint density at radius 1 is 1.33 bits per heavy atom. The molecule has 0 spiro atoms. The summed E-state index contributed by atoms with van der Waals surface area (Å²) in [5, 5.41) is 9.84. The zero-order chi connectivity index (χ0) is 17.3. The Kier molecular flexibility index (Phi) is 4.92. The van der Waals surface area contributed by atoms with Gasteiger partial charge >= 0.3 is 5.97 Å². The van der Waals surface area contributed by atoms with Crippen LogP contribution in [0.4, 0.5) is 0 Å². The van der Waals surface area contributed by atoms with Gasteiger partial charge < -0.3 is 10.0 Å². The number of benzene rings is 1. The summed E-state index contributed by atoms with van der Waals surface area (Å²) in [6.07, 6.45) is 1.37. The van der Waals surface area contributed by atoms with E-state index in [9.17, 15) is 14.7 Å². The highest BCUT2D eigenvalue weighted by molar-refractivity contribution is 7.17. The molecule has 1 aliphatic rings. The molecule has 0 saturated carbocycles. The standard InChI is InChI=1S/C18H18ClNO3S/c1-11-8-15(24-16(11)12-4-2-6-14(19)9-12)17(21)20-7-3-5-13(10-20)18(22)23/h2,4,6,8-9,13H,3,5,7,10H2,1H3,(H,22,23). The number of piperidine rings is 1. The van der Waals surface area contributed by atoms with Gasteiger partial charge in [0.15, 0.2) is 0 Å². The Morgan fingerprint density at radius 2 is 2.12 bits per heavy atom. The number of thiophene rings is 1. The van der Waals surface area contributed by atoms with Gasteiger partial charge in [-0.15, -0.1) is 11.3 Å². The number of hydrogen-bond donors (Lipinski definition) is 1. The van der Waals surface area contributed by atoms with Crippen LogP contribution in [-0.2, 0) is 4.79 Å². The minimum atomic E-state index is -0.825. The van der Waals surface area contributed by atoms with Crippen LogP contribution in [0.3, 0.4) is 0 Å². The largest absolute Gasteiger partial charge is 0.481 e. The van der Waals surface area contributed by atoms with Crippen molar-refractivity contribution in [2.45, 2.75) is 19.8 Å². The van der Waals surface area contributed by atoms with E-state index >= 15 is 0 Å². The second-order valence-electron chi connectivity index (χ2n) is 6.06. The summed E-state index contributed by atoms with van der Waals surface area (Å²) in [5.41, 5.74) is 2.02. The minimum Gasteiger partial charge on any atom is -0.481 e. The lowest BCUT2D eigenvalue weighted by Gasteiger charge is -2.30. The average molecular weight is 364 g/mol. The number of likely N-dealkylation sites (tertiary alicyclic amines) is 1. The molecule has 1 unspecified atom stereocenters. The van der Waals surface area contributed by atoms with Crippen LogP contribution in [0, 0.1) is 12.8 Å². The first kappa shape index (κ1) is 17.0. The molecule has 2 heterocycles. The first-order valence-corrected chi connectivity index (χ1v) is 9.03. The third kappa shape index (κ3) is 3.47. The quantitative estimate of drug-likeness (QED) is 0.883. The first-order chi connectivity index (χ1) is 11.5. The second-order valence-corrected chi connectivity index (χ2v) is 7.55. The highest BCUT2D eigenvalue weighted by atomic mass is 35.5. The summed E-state index contributed by atoms with van der Waals surface area (Å²) in [7, 11) is 0. The lowest BCUT2D eigenvalue weighted by molar-refractivity contribution is -0.143. The van der Waals surface area contributed by atoms with Gasteiger partial charge in [-0.2, -0.15) is 0 Å². The van der Waals surface area contributed by atoms with E-state index in [2.05, 4.69) is 0 Å². The second kappa shape index (κ2) is 6.95. The van der Waals surface area contributed by atoms with Crippen LogP contribution >= 0.6 is 22.9 Å². The van der Waals surface area contributed by atoms with E-state index in [1.807, 2.05) is 37.3 Å². The topological polar surface area (TPSA) is 57.6 Å². The molecule has 24 heavy (non-hydrogen) atoms. The summed E-state index contributed by atoms with van der Waals surface area (Å²) in [5.74, 6) is -1.37. The molecule has 1 N–H and O–H groups in total. The van der Waals surface area contributed by atoms with Crippen LogP contribution in [0.15, 0.2) is 30.3 Å². The smallest absolute Gasteiger partial charge is 0.308 e. The maximum Gasteiger partial charge on any atom is 0.308 e. The van der Waals surface area contributed by atoms with Crippen LogP contribution in [0.1, 0.15) is 28.1 Å². The summed E-state index contributed by atoms with van der Waals surface area (Å²) >= 11 is 7.49. The number of carbonyl (C=O) groups excluding carboxylic acids is 1. The number of halogens is 1. The predicted octanol–water partition coefficient (Wildman–Crippen LogP) is 4.31. The number of carboxylic acid groups (broad SMARTS) is 1. The van der Waals surface area contributed by atoms with Gasteiger partial charge in [0.1, 0.15) is 0 Å². The van der Waals surface area contributed by atoms with Gasteiger partial charge in [0.2, 0.25) is 0 Å². The van der Waals surface area contributed by atoms with Gasteiger partial charge in [-0.25, -0.2) is 0 Å². The molecule has 4 nitrogen and oxygen atoms in total. The first-order valence-electron chi connectivity index (χ1n) is 7.84. The van der Waals surface area contributed by atoms with Gasteiger partial charge in [-0.05, 0) is 49.1 Å². The molecular weight excluding hydrogens is 346 g/mol. The van der Waals surface area contributed by atoms with Crippen LogP contribution in [0.2, 0.25) is 5.02 Å². The predicted molar refractivity (Wildman–Crippen MR) is 95.8 cm³/mol. The van der Waals surface area contributed by atoms with Gasteiger partial charge in [-0.3, -0.25) is 9.59 Å². The molecule has 1 aromatic heterocycles. The highest BCUT2D eigenvalue weighted by Crippen LogP contribution is 2.34. The number of aliphatic carboxylic acids is 1. The van der Waals surface area contributed by atoms with Crippen LogP contribution in [0.5, 0.6) is 0 Å². The molecule has 3 rings (SSSR count). The van der Waals surface area contributed by atoms with Crippen LogP contribution in [-0.4, -0.2) is 35.0 Å². The lowest BCUT2D eigenvalue weighted by Crippen LogP contribution is -2.42. The number of aryl methyl sites for hydroxylation is 1. The SMILES string of the molecule is Cc1cc(C(=O)N2CCCC(C(=O)O)C2)sc1-c1cccc(Cl)c1. The third-order valence-corrected chi connectivity index (χ3v) is 5.78. The molecule has 1 aliphatic heterocycles. The molecule has 1 atom stereocenters. The normalized spacial score (nSPS) is 17.8. The molecule has 2 aromatic rings. The highest BCUT2D eigenvalue weighted by Gasteiger charge is 2.29. The average Bonchev–Trinajstić information content (AvgIpc) is 2.96. The summed E-state index contributed by atoms with van der Waals surface area (Å²) in [6.45, 7) is 2.88. The fraction of sp³-hybridized carbons (Fsp3) is 0.333. The maximum atomic E-state index is 12.7. The molecule has 1 saturated heterocycles. The summed E-state index contributed by atoms with van der Waals surface area (Å²) < 4.78 is 0. The summed E-state index contributed by atoms with van der Waals surface area (Å²) in [6, 6.07) is 9.45. The molecule has 1 aromatic carbocycles. The monoisotopic (exact) mass is 363 g/mol. The van der Waals surface area contributed by atoms with Crippen molar-refractivity contribution in [3.8, 4) is 10.4 Å². The van der Waals surface area contributed by atoms with Gasteiger partial charge in [0.05, 0.1) is 10.8 Å². The number of hydrogen-bond acceptors (Lipinski definition) is 3. The number of nitrogens with zero attached hydrogens (tertiary/aromatic N) is 1. The Bertz CT molecular complexity index is 786. The minimum absolute atomic E-state index is 0.0812. The van der Waals surface area contributed by atoms with Crippen molar-refractivity contribution in [3.63, 3.8) is 0 Å². The van der Waals surface area contributed by atoms with E-state index in [-0.39, 0.29) is 12.5 Å². The van der Waals surface area contributed by atoms with Crippen molar-refractivity contribution in [1.82, 2.24) is 4.90 Å². The van der Waals surface area contributed by atoms with E-state index in [1.165, 1.54) is 11.3 Å². The van der Waals surface area contributed by atoms with Crippen LogP contribution < -0.4 is 0 Å². The summed E-state index contributed by atoms with van der Waals surface area (Å²) in [4.78, 5) is 27.3. The number of carboxylic acids is 1. The number of carbonyl (C=O) groups is 2. The number of amides is 1. The van der Waals surface area contributed by atoms with E-state index in [0.717, 1.165) is 22.4 Å². The molecule has 1 amide bonds. The van der Waals surface area contributed by atoms with E-state index in [0.29, 0.717) is 22.9 Å². The van der Waals surface area contributed by atoms with E-state index < -0.39 is 11.9 Å². The molecule has 0 radical (unpaired) electrons. The Labute approximate surface area is 149 Å². The molecule has 0 aliphatic carbocycles. The van der Waals surface area contributed by atoms with E-state index in [1.54, 1.807) is 4.90 Å². The molecular formula is C18H18ClNO3S. The Morgan fingerprint density at radius 3 is 2.83 bits per heavy atom. The molecule has 126 valence electrons. The maximum absolute atomic E-state index is 12.7. The van der Waals surface area contributed by atoms with Gasteiger partial charge in [-0.1, -0.05) is 23.7 Å². The van der Waals surface area contributed by atoms with Crippen LogP contribution in [0.25, 0.3) is 10.4 Å². The number of rotatable bonds is 3. The molecule has 0 bridgehead atoms. The van der Waals surface area contributed by atoms with E-state index in [4.69, 9.17) is 11.6 Å². The van der Waals surface area contributed by atoms with Gasteiger partial charge in [0.25, 0.3) is 5.91 Å². The molecule has 6 heteroatoms. The Balaban J connectivity index is 1.84. The fourth-order valence-corrected chi connectivity index (χ4v) is 4.35. The third-order valence-electron chi connectivity index (χ3n) is 4.27. The van der Waals surface area contributed by atoms with Crippen molar-refractivity contribution in [2.75, 3.05) is 13.1 Å². The van der Waals surface area contributed by atoms with Gasteiger partial charge in [0, 0.05) is 23.0 Å². The zero-order valence-corrected chi connectivity index (χ0v) is 14.9. The van der Waals surface area contributed by atoms with Crippen molar-refractivity contribution in [2.24, 2.45) is 5.92 Å². The lowest BCUT2D eigenvalue weighted by atomic mass is 9.98. The van der Waals surface area contributed by atoms with Crippen molar-refractivity contribution in [3.05, 3.63) is 45.8 Å². The zero-order valence-electron chi connectivity index (χ0n) is 13.3. The van der Waals surface area contributed by atoms with Crippen molar-refractivity contribution >= 4 is 34.8 Å². The van der Waals surface area contributed by atoms with Crippen molar-refractivity contribution in [1.29, 1.82) is 0 Å². The van der Waals surface area contributed by atoms with Crippen molar-refractivity contribution < 1.29 is 14.7 Å². The Hall–Kier alpha value is -1.85. The molecule has 1 fully saturated rings. The fourth-order valence-electron chi connectivity index (χ4n) is 3.02.